The SMILES string of the molecule is Brc1ccc(Br)c([C]2CC2)c1. The third kappa shape index (κ3) is 1.67. The van der Waals surface area contributed by atoms with Gasteiger partial charge in [-0.25, -0.2) is 0 Å². The predicted molar refractivity (Wildman–Crippen MR) is 53.4 cm³/mol. The molecule has 2 heteroatoms. The van der Waals surface area contributed by atoms with Crippen molar-refractivity contribution in [2.24, 2.45) is 0 Å². The zero-order valence-electron chi connectivity index (χ0n) is 5.90. The minimum Gasteiger partial charge on any atom is -0.0508 e. The van der Waals surface area contributed by atoms with Crippen molar-refractivity contribution in [3.63, 3.8) is 0 Å². The van der Waals surface area contributed by atoms with Gasteiger partial charge in [0.05, 0.1) is 0 Å². The summed E-state index contributed by atoms with van der Waals surface area (Å²) in [7, 11) is 0. The summed E-state index contributed by atoms with van der Waals surface area (Å²) in [5, 5.41) is 0. The molecule has 0 bridgehead atoms. The van der Waals surface area contributed by atoms with E-state index in [0.717, 1.165) is 4.47 Å². The van der Waals surface area contributed by atoms with Crippen molar-refractivity contribution in [1.82, 2.24) is 0 Å². The average molecular weight is 275 g/mol. The highest BCUT2D eigenvalue weighted by atomic mass is 79.9. The Bertz CT molecular complexity index is 277. The van der Waals surface area contributed by atoms with Crippen LogP contribution in [0.4, 0.5) is 0 Å². The Balaban J connectivity index is 2.42. The molecular formula is C9H7Br2. The van der Waals surface area contributed by atoms with Crippen molar-refractivity contribution >= 4 is 31.9 Å². The third-order valence-electron chi connectivity index (χ3n) is 1.81. The molecule has 0 N–H and O–H groups in total. The van der Waals surface area contributed by atoms with E-state index in [4.69, 9.17) is 0 Å². The molecule has 0 spiro atoms. The Morgan fingerprint density at radius 1 is 1.09 bits per heavy atom. The van der Waals surface area contributed by atoms with Gasteiger partial charge in [0.2, 0.25) is 0 Å². The second-order valence-corrected chi connectivity index (χ2v) is 4.50. The first-order valence-corrected chi connectivity index (χ1v) is 5.16. The molecule has 1 saturated carbocycles. The summed E-state index contributed by atoms with van der Waals surface area (Å²) in [6.07, 6.45) is 2.55. The maximum Gasteiger partial charge on any atom is 0.0214 e. The van der Waals surface area contributed by atoms with Crippen LogP contribution >= 0.6 is 31.9 Å². The Morgan fingerprint density at radius 2 is 1.82 bits per heavy atom. The largest absolute Gasteiger partial charge is 0.0508 e. The second-order valence-electron chi connectivity index (χ2n) is 2.73. The summed E-state index contributed by atoms with van der Waals surface area (Å²) in [6, 6.07) is 6.31. The quantitative estimate of drug-likeness (QED) is 0.728. The maximum atomic E-state index is 3.53. The first kappa shape index (κ1) is 7.81. The summed E-state index contributed by atoms with van der Waals surface area (Å²) in [6.45, 7) is 0. The molecule has 1 aromatic carbocycles. The van der Waals surface area contributed by atoms with Crippen molar-refractivity contribution < 1.29 is 0 Å². The van der Waals surface area contributed by atoms with Crippen molar-refractivity contribution in [3.05, 3.63) is 38.6 Å². The van der Waals surface area contributed by atoms with Crippen LogP contribution in [-0.2, 0) is 0 Å². The number of rotatable bonds is 1. The van der Waals surface area contributed by atoms with Crippen LogP contribution in [0.1, 0.15) is 18.4 Å². The first-order chi connectivity index (χ1) is 5.27. The number of benzene rings is 1. The molecule has 2 rings (SSSR count). The Kier molecular flexibility index (Phi) is 2.06. The molecule has 0 aliphatic heterocycles. The van der Waals surface area contributed by atoms with Gasteiger partial charge in [0.1, 0.15) is 0 Å². The van der Waals surface area contributed by atoms with Crippen molar-refractivity contribution in [2.45, 2.75) is 12.8 Å². The monoisotopic (exact) mass is 273 g/mol. The lowest BCUT2D eigenvalue weighted by molar-refractivity contribution is 1.37. The molecule has 1 radical (unpaired) electrons. The van der Waals surface area contributed by atoms with Gasteiger partial charge >= 0.3 is 0 Å². The second kappa shape index (κ2) is 2.91. The number of halogens is 2. The van der Waals surface area contributed by atoms with E-state index in [1.54, 1.807) is 5.92 Å². The van der Waals surface area contributed by atoms with E-state index in [9.17, 15) is 0 Å². The standard InChI is InChI=1S/C9H7Br2/c10-7-3-4-9(11)8(5-7)6-1-2-6/h3-5H,1-2H2. The highest BCUT2D eigenvalue weighted by Gasteiger charge is 2.26. The fraction of sp³-hybridized carbons (Fsp3) is 0.222. The Morgan fingerprint density at radius 3 is 2.45 bits per heavy atom. The van der Waals surface area contributed by atoms with Crippen LogP contribution in [0, 0.1) is 5.92 Å². The first-order valence-electron chi connectivity index (χ1n) is 3.57. The van der Waals surface area contributed by atoms with Gasteiger partial charge in [-0.1, -0.05) is 31.9 Å². The van der Waals surface area contributed by atoms with E-state index in [2.05, 4.69) is 50.1 Å². The normalized spacial score (nSPS) is 16.9. The van der Waals surface area contributed by atoms with Crippen LogP contribution < -0.4 is 0 Å². The van der Waals surface area contributed by atoms with E-state index in [1.165, 1.54) is 22.9 Å². The fourth-order valence-electron chi connectivity index (χ4n) is 1.10. The van der Waals surface area contributed by atoms with Crippen molar-refractivity contribution in [2.75, 3.05) is 0 Å². The van der Waals surface area contributed by atoms with Crippen LogP contribution in [0.2, 0.25) is 0 Å². The van der Waals surface area contributed by atoms with Gasteiger partial charge in [0.25, 0.3) is 0 Å². The molecule has 0 heterocycles. The van der Waals surface area contributed by atoms with Gasteiger partial charge in [-0.2, -0.15) is 0 Å². The van der Waals surface area contributed by atoms with Gasteiger partial charge in [0, 0.05) is 14.9 Å². The van der Waals surface area contributed by atoms with Gasteiger partial charge in [-0.15, -0.1) is 0 Å². The van der Waals surface area contributed by atoms with Crippen LogP contribution in [0.25, 0.3) is 0 Å². The molecule has 0 aromatic heterocycles. The minimum atomic E-state index is 1.16. The maximum absolute atomic E-state index is 3.53. The summed E-state index contributed by atoms with van der Waals surface area (Å²) in [4.78, 5) is 0. The molecule has 1 aromatic rings. The lowest BCUT2D eigenvalue weighted by Gasteiger charge is -2.01. The molecule has 0 saturated heterocycles. The third-order valence-corrected chi connectivity index (χ3v) is 2.99. The molecule has 11 heavy (non-hydrogen) atoms. The van der Waals surface area contributed by atoms with Crippen LogP contribution in [-0.4, -0.2) is 0 Å². The van der Waals surface area contributed by atoms with E-state index in [0.29, 0.717) is 0 Å². The molecule has 0 nitrogen and oxygen atoms in total. The van der Waals surface area contributed by atoms with E-state index < -0.39 is 0 Å². The van der Waals surface area contributed by atoms with Crippen LogP contribution in [0.15, 0.2) is 27.1 Å². The van der Waals surface area contributed by atoms with Gasteiger partial charge in [-0.05, 0) is 36.6 Å². The lowest BCUT2D eigenvalue weighted by atomic mass is 10.1. The molecule has 0 amide bonds. The van der Waals surface area contributed by atoms with Gasteiger partial charge in [-0.3, -0.25) is 0 Å². The predicted octanol–water partition coefficient (Wildman–Crippen LogP) is 3.93. The Hall–Kier alpha value is 0.180. The number of hydrogen-bond donors (Lipinski definition) is 0. The lowest BCUT2D eigenvalue weighted by Crippen LogP contribution is -1.81. The highest BCUT2D eigenvalue weighted by Crippen LogP contribution is 2.42. The smallest absolute Gasteiger partial charge is 0.0214 e. The van der Waals surface area contributed by atoms with Gasteiger partial charge in [0.15, 0.2) is 0 Å². The summed E-state index contributed by atoms with van der Waals surface area (Å²) in [5.74, 6) is 1.57. The molecular weight excluding hydrogens is 268 g/mol. The summed E-state index contributed by atoms with van der Waals surface area (Å²) >= 11 is 6.99. The minimum absolute atomic E-state index is 1.16. The van der Waals surface area contributed by atoms with Crippen molar-refractivity contribution in [1.29, 1.82) is 0 Å². The van der Waals surface area contributed by atoms with E-state index in [-0.39, 0.29) is 0 Å². The fourth-order valence-corrected chi connectivity index (χ4v) is 1.99. The van der Waals surface area contributed by atoms with E-state index >= 15 is 0 Å². The molecule has 1 aliphatic rings. The van der Waals surface area contributed by atoms with Crippen LogP contribution in [0.3, 0.4) is 0 Å². The highest BCUT2D eigenvalue weighted by molar-refractivity contribution is 9.11. The molecule has 0 unspecified atom stereocenters. The number of hydrogen-bond acceptors (Lipinski definition) is 0. The van der Waals surface area contributed by atoms with Crippen molar-refractivity contribution in [3.8, 4) is 0 Å². The average Bonchev–Trinajstić information content (AvgIpc) is 2.76. The topological polar surface area (TPSA) is 0 Å². The Labute approximate surface area is 83.3 Å². The summed E-state index contributed by atoms with van der Waals surface area (Å²) in [5.41, 5.74) is 1.37. The van der Waals surface area contributed by atoms with E-state index in [1.807, 2.05) is 0 Å². The zero-order valence-corrected chi connectivity index (χ0v) is 9.07. The summed E-state index contributed by atoms with van der Waals surface area (Å²) < 4.78 is 2.38. The van der Waals surface area contributed by atoms with Crippen LogP contribution in [0.5, 0.6) is 0 Å². The molecule has 1 aliphatic carbocycles. The van der Waals surface area contributed by atoms with Gasteiger partial charge < -0.3 is 0 Å². The molecule has 1 fully saturated rings. The zero-order chi connectivity index (χ0) is 7.84. The molecule has 57 valence electrons. The molecule has 0 atom stereocenters.